The molecule has 1 heterocycles. The molecule has 12 heavy (non-hydrogen) atoms. The van der Waals surface area contributed by atoms with Crippen LogP contribution in [0.5, 0.6) is 0 Å². The Balaban J connectivity index is 2.92. The van der Waals surface area contributed by atoms with Crippen molar-refractivity contribution in [1.29, 1.82) is 0 Å². The van der Waals surface area contributed by atoms with Gasteiger partial charge in [0.1, 0.15) is 11.1 Å². The average Bonchev–Trinajstić information content (AvgIpc) is 2.30. The Hall–Kier alpha value is -0.500. The first-order chi connectivity index (χ1) is 5.41. The van der Waals surface area contributed by atoms with Gasteiger partial charge in [-0.25, -0.2) is 4.98 Å². The van der Waals surface area contributed by atoms with E-state index in [1.54, 1.807) is 6.20 Å². The molecule has 0 N–H and O–H groups in total. The molecule has 0 aliphatic rings. The molecule has 1 aromatic rings. The second-order valence-electron chi connectivity index (χ2n) is 3.93. The first-order valence-corrected chi connectivity index (χ1v) is 4.45. The van der Waals surface area contributed by atoms with E-state index in [0.29, 0.717) is 5.89 Å². The van der Waals surface area contributed by atoms with Crippen molar-refractivity contribution in [2.24, 2.45) is 0 Å². The molecular weight excluding hydrogens is 174 g/mol. The Kier molecular flexibility index (Phi) is 2.47. The minimum atomic E-state index is -0.152. The van der Waals surface area contributed by atoms with Crippen molar-refractivity contribution in [3.63, 3.8) is 0 Å². The van der Waals surface area contributed by atoms with Crippen LogP contribution < -0.4 is 0 Å². The van der Waals surface area contributed by atoms with Crippen LogP contribution in [0, 0.1) is 0 Å². The zero-order valence-corrected chi connectivity index (χ0v) is 8.64. The monoisotopic (exact) mass is 187 g/mol. The van der Waals surface area contributed by atoms with Crippen LogP contribution in [-0.4, -0.2) is 4.98 Å². The molecule has 0 bridgehead atoms. The van der Waals surface area contributed by atoms with Crippen molar-refractivity contribution >= 4 is 11.6 Å². The second kappa shape index (κ2) is 3.09. The Morgan fingerprint density at radius 1 is 1.50 bits per heavy atom. The first-order valence-electron chi connectivity index (χ1n) is 4.01. The van der Waals surface area contributed by atoms with Crippen LogP contribution in [0.2, 0.25) is 0 Å². The maximum atomic E-state index is 5.81. The molecule has 2 nitrogen and oxygen atoms in total. The van der Waals surface area contributed by atoms with Gasteiger partial charge in [0, 0.05) is 5.41 Å². The Bertz CT molecular complexity index is 260. The molecule has 3 heteroatoms. The number of halogens is 1. The summed E-state index contributed by atoms with van der Waals surface area (Å²) < 4.78 is 5.47. The highest BCUT2D eigenvalue weighted by Crippen LogP contribution is 2.26. The van der Waals surface area contributed by atoms with E-state index in [-0.39, 0.29) is 10.8 Å². The minimum Gasteiger partial charge on any atom is -0.444 e. The van der Waals surface area contributed by atoms with Gasteiger partial charge in [-0.3, -0.25) is 0 Å². The van der Waals surface area contributed by atoms with E-state index >= 15 is 0 Å². The fourth-order valence-corrected chi connectivity index (χ4v) is 0.919. The highest BCUT2D eigenvalue weighted by Gasteiger charge is 2.20. The van der Waals surface area contributed by atoms with Crippen molar-refractivity contribution in [3.8, 4) is 0 Å². The fourth-order valence-electron chi connectivity index (χ4n) is 0.818. The van der Waals surface area contributed by atoms with Crippen molar-refractivity contribution in [2.45, 2.75) is 38.5 Å². The summed E-state index contributed by atoms with van der Waals surface area (Å²) in [5, 5.41) is -0.152. The average molecular weight is 188 g/mol. The van der Waals surface area contributed by atoms with Crippen LogP contribution in [0.3, 0.4) is 0 Å². The zero-order chi connectivity index (χ0) is 9.35. The van der Waals surface area contributed by atoms with E-state index in [0.717, 1.165) is 5.76 Å². The lowest BCUT2D eigenvalue weighted by molar-refractivity contribution is 0.382. The van der Waals surface area contributed by atoms with Crippen molar-refractivity contribution in [1.82, 2.24) is 4.98 Å². The van der Waals surface area contributed by atoms with Crippen LogP contribution in [0.1, 0.15) is 44.7 Å². The molecule has 68 valence electrons. The van der Waals surface area contributed by atoms with Gasteiger partial charge in [-0.05, 0) is 6.92 Å². The number of oxazole rings is 1. The molecule has 0 unspecified atom stereocenters. The molecule has 0 fully saturated rings. The van der Waals surface area contributed by atoms with Crippen molar-refractivity contribution < 1.29 is 4.42 Å². The second-order valence-corrected chi connectivity index (χ2v) is 4.58. The molecule has 0 aromatic carbocycles. The Labute approximate surface area is 77.9 Å². The lowest BCUT2D eigenvalue weighted by atomic mass is 9.94. The third-order valence-electron chi connectivity index (χ3n) is 1.60. The normalized spacial score (nSPS) is 14.8. The number of alkyl halides is 1. The third-order valence-corrected chi connectivity index (χ3v) is 1.79. The van der Waals surface area contributed by atoms with E-state index in [4.69, 9.17) is 16.0 Å². The van der Waals surface area contributed by atoms with E-state index in [1.165, 1.54) is 0 Å². The molecule has 0 aliphatic heterocycles. The van der Waals surface area contributed by atoms with Gasteiger partial charge in [-0.2, -0.15) is 0 Å². The smallest absolute Gasteiger partial charge is 0.212 e. The van der Waals surface area contributed by atoms with Crippen LogP contribution in [0.25, 0.3) is 0 Å². The molecule has 0 saturated heterocycles. The maximum Gasteiger partial charge on any atom is 0.212 e. The SMILES string of the molecule is C[C@@H](Cl)c1ncc(C(C)(C)C)o1. The highest BCUT2D eigenvalue weighted by atomic mass is 35.5. The summed E-state index contributed by atoms with van der Waals surface area (Å²) in [4.78, 5) is 4.08. The Morgan fingerprint density at radius 3 is 2.33 bits per heavy atom. The van der Waals surface area contributed by atoms with Crippen LogP contribution >= 0.6 is 11.6 Å². The van der Waals surface area contributed by atoms with Gasteiger partial charge in [0.25, 0.3) is 0 Å². The van der Waals surface area contributed by atoms with Crippen LogP contribution in [-0.2, 0) is 5.41 Å². The molecule has 0 radical (unpaired) electrons. The largest absolute Gasteiger partial charge is 0.444 e. The van der Waals surface area contributed by atoms with Gasteiger partial charge in [-0.15, -0.1) is 11.6 Å². The van der Waals surface area contributed by atoms with Crippen molar-refractivity contribution in [2.75, 3.05) is 0 Å². The van der Waals surface area contributed by atoms with Gasteiger partial charge in [0.2, 0.25) is 5.89 Å². The molecule has 1 aromatic heterocycles. The molecule has 1 atom stereocenters. The zero-order valence-electron chi connectivity index (χ0n) is 7.89. The number of hydrogen-bond acceptors (Lipinski definition) is 2. The van der Waals surface area contributed by atoms with Crippen molar-refractivity contribution in [3.05, 3.63) is 17.8 Å². The van der Waals surface area contributed by atoms with E-state index in [9.17, 15) is 0 Å². The van der Waals surface area contributed by atoms with Gasteiger partial charge in [0.15, 0.2) is 0 Å². The summed E-state index contributed by atoms with van der Waals surface area (Å²) in [7, 11) is 0. The summed E-state index contributed by atoms with van der Waals surface area (Å²) in [6.07, 6.45) is 1.74. The van der Waals surface area contributed by atoms with Crippen LogP contribution in [0.15, 0.2) is 10.6 Å². The number of rotatable bonds is 1. The molecule has 0 spiro atoms. The summed E-state index contributed by atoms with van der Waals surface area (Å²) in [5.74, 6) is 1.48. The highest BCUT2D eigenvalue weighted by molar-refractivity contribution is 6.20. The molecular formula is C9H14ClNO. The van der Waals surface area contributed by atoms with Gasteiger partial charge >= 0.3 is 0 Å². The predicted octanol–water partition coefficient (Wildman–Crippen LogP) is 3.27. The van der Waals surface area contributed by atoms with E-state index < -0.39 is 0 Å². The summed E-state index contributed by atoms with van der Waals surface area (Å²) in [5.41, 5.74) is 0.0109. The standard InChI is InChI=1S/C9H14ClNO/c1-6(10)8-11-5-7(12-8)9(2,3)4/h5-6H,1-4H3/t6-/m1/s1. The van der Waals surface area contributed by atoms with E-state index in [2.05, 4.69) is 25.8 Å². The third kappa shape index (κ3) is 2.01. The Morgan fingerprint density at radius 2 is 2.08 bits per heavy atom. The summed E-state index contributed by atoms with van der Waals surface area (Å²) >= 11 is 5.81. The molecule has 1 rings (SSSR count). The lowest BCUT2D eigenvalue weighted by Crippen LogP contribution is -2.09. The molecule has 0 amide bonds. The fraction of sp³-hybridized carbons (Fsp3) is 0.667. The van der Waals surface area contributed by atoms with Gasteiger partial charge in [0.05, 0.1) is 6.20 Å². The predicted molar refractivity (Wildman–Crippen MR) is 49.5 cm³/mol. The number of nitrogens with zero attached hydrogens (tertiary/aromatic N) is 1. The summed E-state index contributed by atoms with van der Waals surface area (Å²) in [6, 6.07) is 0. The molecule has 0 saturated carbocycles. The number of aromatic nitrogens is 1. The van der Waals surface area contributed by atoms with E-state index in [1.807, 2.05) is 6.92 Å². The topological polar surface area (TPSA) is 26.0 Å². The molecule has 0 aliphatic carbocycles. The lowest BCUT2D eigenvalue weighted by Gasteiger charge is -2.13. The minimum absolute atomic E-state index is 0.0109. The van der Waals surface area contributed by atoms with Crippen LogP contribution in [0.4, 0.5) is 0 Å². The maximum absolute atomic E-state index is 5.81. The summed E-state index contributed by atoms with van der Waals surface area (Å²) in [6.45, 7) is 8.09. The van der Waals surface area contributed by atoms with Gasteiger partial charge in [-0.1, -0.05) is 20.8 Å². The number of hydrogen-bond donors (Lipinski definition) is 0. The quantitative estimate of drug-likeness (QED) is 0.631. The van der Waals surface area contributed by atoms with Gasteiger partial charge < -0.3 is 4.42 Å². The first kappa shape index (κ1) is 9.59.